The number of carbonyl (C=O) groups is 3. The van der Waals surface area contributed by atoms with Crippen LogP contribution in [0.15, 0.2) is 72.9 Å². The molecule has 0 spiro atoms. The molecule has 6 heteroatoms. The van der Waals surface area contributed by atoms with Crippen molar-refractivity contribution in [3.8, 4) is 0 Å². The first-order chi connectivity index (χ1) is 41.0. The van der Waals surface area contributed by atoms with Crippen LogP contribution in [-0.2, 0) is 28.6 Å². The first kappa shape index (κ1) is 79.8. The Bertz CT molecular complexity index is 1520. The molecule has 83 heavy (non-hydrogen) atoms. The summed E-state index contributed by atoms with van der Waals surface area (Å²) in [6.07, 6.45) is 93.6. The van der Waals surface area contributed by atoms with Crippen LogP contribution >= 0.6 is 0 Å². The summed E-state index contributed by atoms with van der Waals surface area (Å²) in [6, 6.07) is 0. The standard InChI is InChI=1S/C77H138O6/c1-4-7-10-13-16-19-22-25-28-30-31-32-33-34-35-36-37-38-39-40-41-42-43-44-45-47-49-52-55-58-61-64-67-70-76(79)82-73-74(72-81-75(78)69-66-63-60-57-54-51-48-27-24-21-18-15-12-9-6-3)83-77(80)71-68-65-62-59-56-53-50-46-29-26-23-20-17-14-11-8-5-2/h7,10,16,19,25,28,31-32,34-35,37-38,74H,4-6,8-9,11-15,17-18,20-24,26-27,29-30,33,36,39-73H2,1-3H3/b10-7-,19-16-,28-25-,32-31-,35-34-,38-37-. The number of carbonyl (C=O) groups excluding carboxylic acids is 3. The van der Waals surface area contributed by atoms with Gasteiger partial charge in [-0.2, -0.15) is 0 Å². The minimum absolute atomic E-state index is 0.0675. The van der Waals surface area contributed by atoms with Crippen molar-refractivity contribution in [3.63, 3.8) is 0 Å². The van der Waals surface area contributed by atoms with E-state index in [4.69, 9.17) is 14.2 Å². The summed E-state index contributed by atoms with van der Waals surface area (Å²) in [5.74, 6) is -0.840. The van der Waals surface area contributed by atoms with Gasteiger partial charge in [0, 0.05) is 19.3 Å². The van der Waals surface area contributed by atoms with Crippen LogP contribution in [0.1, 0.15) is 380 Å². The maximum absolute atomic E-state index is 12.9. The van der Waals surface area contributed by atoms with Gasteiger partial charge in [-0.3, -0.25) is 14.4 Å². The van der Waals surface area contributed by atoms with Crippen molar-refractivity contribution in [2.75, 3.05) is 13.2 Å². The number of rotatable bonds is 67. The minimum atomic E-state index is -0.771. The monoisotopic (exact) mass is 1160 g/mol. The van der Waals surface area contributed by atoms with Gasteiger partial charge in [0.15, 0.2) is 6.10 Å². The first-order valence-electron chi connectivity index (χ1n) is 36.4. The van der Waals surface area contributed by atoms with E-state index in [2.05, 4.69) is 93.7 Å². The molecule has 1 unspecified atom stereocenters. The molecule has 0 aliphatic rings. The highest BCUT2D eigenvalue weighted by Gasteiger charge is 2.19. The van der Waals surface area contributed by atoms with Gasteiger partial charge in [0.2, 0.25) is 0 Å². The van der Waals surface area contributed by atoms with Crippen molar-refractivity contribution >= 4 is 17.9 Å². The Morgan fingerprint density at radius 2 is 0.470 bits per heavy atom. The maximum atomic E-state index is 12.9. The van der Waals surface area contributed by atoms with Gasteiger partial charge in [-0.1, -0.05) is 363 Å². The average Bonchev–Trinajstić information content (AvgIpc) is 3.49. The third kappa shape index (κ3) is 69.5. The van der Waals surface area contributed by atoms with Gasteiger partial charge in [-0.25, -0.2) is 0 Å². The number of ether oxygens (including phenoxy) is 3. The van der Waals surface area contributed by atoms with E-state index in [-0.39, 0.29) is 31.1 Å². The molecule has 0 radical (unpaired) electrons. The second-order valence-corrected chi connectivity index (χ2v) is 24.5. The van der Waals surface area contributed by atoms with Crippen molar-refractivity contribution in [3.05, 3.63) is 72.9 Å². The van der Waals surface area contributed by atoms with Crippen LogP contribution in [0.5, 0.6) is 0 Å². The van der Waals surface area contributed by atoms with Gasteiger partial charge in [0.25, 0.3) is 0 Å². The summed E-state index contributed by atoms with van der Waals surface area (Å²) >= 11 is 0. The van der Waals surface area contributed by atoms with Crippen molar-refractivity contribution in [2.45, 2.75) is 386 Å². The summed E-state index contributed by atoms with van der Waals surface area (Å²) in [5.41, 5.74) is 0. The van der Waals surface area contributed by atoms with Crippen molar-refractivity contribution in [1.82, 2.24) is 0 Å². The van der Waals surface area contributed by atoms with Crippen LogP contribution in [0.25, 0.3) is 0 Å². The lowest BCUT2D eigenvalue weighted by Gasteiger charge is -2.18. The molecule has 0 bridgehead atoms. The molecular weight excluding hydrogens is 1020 g/mol. The molecule has 1 atom stereocenters. The van der Waals surface area contributed by atoms with E-state index < -0.39 is 6.10 Å². The second-order valence-electron chi connectivity index (χ2n) is 24.5. The maximum Gasteiger partial charge on any atom is 0.306 e. The van der Waals surface area contributed by atoms with Crippen LogP contribution in [0, 0.1) is 0 Å². The van der Waals surface area contributed by atoms with Gasteiger partial charge in [0.05, 0.1) is 0 Å². The molecule has 0 aliphatic carbocycles. The Kier molecular flexibility index (Phi) is 68.6. The van der Waals surface area contributed by atoms with Crippen LogP contribution in [0.3, 0.4) is 0 Å². The van der Waals surface area contributed by atoms with E-state index >= 15 is 0 Å². The summed E-state index contributed by atoms with van der Waals surface area (Å²) in [5, 5.41) is 0. The van der Waals surface area contributed by atoms with E-state index in [1.54, 1.807) is 0 Å². The lowest BCUT2D eigenvalue weighted by molar-refractivity contribution is -0.167. The van der Waals surface area contributed by atoms with Crippen molar-refractivity contribution in [2.24, 2.45) is 0 Å². The number of allylic oxidation sites excluding steroid dienone is 12. The summed E-state index contributed by atoms with van der Waals surface area (Å²) in [7, 11) is 0. The smallest absolute Gasteiger partial charge is 0.306 e. The second kappa shape index (κ2) is 71.3. The SMILES string of the molecule is CC/C=C\C/C=C\C/C=C\C/C=C\C/C=C\C/C=C\CCCCCCCCCCCCCCCCC(=O)OCC(COC(=O)CCCCCCCCCCCCCCCCC)OC(=O)CCCCCCCCCCCCCCCCCCC. The molecule has 0 heterocycles. The highest BCUT2D eigenvalue weighted by molar-refractivity contribution is 5.71. The first-order valence-corrected chi connectivity index (χ1v) is 36.4. The molecule has 0 N–H and O–H groups in total. The molecule has 0 saturated carbocycles. The van der Waals surface area contributed by atoms with Crippen LogP contribution in [-0.4, -0.2) is 37.2 Å². The molecule has 482 valence electrons. The molecule has 0 saturated heterocycles. The minimum Gasteiger partial charge on any atom is -0.462 e. The molecule has 6 nitrogen and oxygen atoms in total. The number of hydrogen-bond acceptors (Lipinski definition) is 6. The zero-order valence-electron chi connectivity index (χ0n) is 55.5. The van der Waals surface area contributed by atoms with E-state index in [0.29, 0.717) is 19.3 Å². The van der Waals surface area contributed by atoms with E-state index in [0.717, 1.165) is 96.3 Å². The Labute approximate surface area is 516 Å². The van der Waals surface area contributed by atoms with Crippen LogP contribution in [0.2, 0.25) is 0 Å². The molecule has 0 aliphatic heterocycles. The fraction of sp³-hybridized carbons (Fsp3) is 0.805. The topological polar surface area (TPSA) is 78.9 Å². The average molecular weight is 1160 g/mol. The number of esters is 3. The molecule has 0 rings (SSSR count). The highest BCUT2D eigenvalue weighted by Crippen LogP contribution is 2.18. The molecule has 0 fully saturated rings. The number of hydrogen-bond donors (Lipinski definition) is 0. The third-order valence-electron chi connectivity index (χ3n) is 16.2. The quantitative estimate of drug-likeness (QED) is 0.0261. The molecule has 0 amide bonds. The number of unbranched alkanes of at least 4 members (excludes halogenated alkanes) is 44. The Balaban J connectivity index is 4.19. The van der Waals surface area contributed by atoms with Crippen molar-refractivity contribution < 1.29 is 28.6 Å². The fourth-order valence-corrected chi connectivity index (χ4v) is 10.8. The molecule has 0 aromatic carbocycles. The summed E-state index contributed by atoms with van der Waals surface area (Å²) < 4.78 is 17.0. The molecule has 0 aromatic rings. The van der Waals surface area contributed by atoms with Gasteiger partial charge >= 0.3 is 17.9 Å². The Hall–Kier alpha value is -3.15. The highest BCUT2D eigenvalue weighted by atomic mass is 16.6. The fourth-order valence-electron chi connectivity index (χ4n) is 10.8. The van der Waals surface area contributed by atoms with Gasteiger partial charge in [-0.15, -0.1) is 0 Å². The van der Waals surface area contributed by atoms with Crippen molar-refractivity contribution in [1.29, 1.82) is 0 Å². The van der Waals surface area contributed by atoms with Crippen LogP contribution in [0.4, 0.5) is 0 Å². The lowest BCUT2D eigenvalue weighted by Crippen LogP contribution is -2.30. The summed E-state index contributed by atoms with van der Waals surface area (Å²) in [4.78, 5) is 38.5. The molecule has 0 aromatic heterocycles. The van der Waals surface area contributed by atoms with Gasteiger partial charge < -0.3 is 14.2 Å². The lowest BCUT2D eigenvalue weighted by atomic mass is 10.0. The third-order valence-corrected chi connectivity index (χ3v) is 16.2. The van der Waals surface area contributed by atoms with Gasteiger partial charge in [0.1, 0.15) is 13.2 Å². The zero-order chi connectivity index (χ0) is 59.9. The normalized spacial score (nSPS) is 12.5. The Morgan fingerprint density at radius 3 is 0.735 bits per heavy atom. The predicted molar refractivity (Wildman–Crippen MR) is 362 cm³/mol. The van der Waals surface area contributed by atoms with Crippen LogP contribution < -0.4 is 0 Å². The van der Waals surface area contributed by atoms with Gasteiger partial charge in [-0.05, 0) is 70.6 Å². The van der Waals surface area contributed by atoms with E-state index in [1.165, 1.54) is 244 Å². The van der Waals surface area contributed by atoms with E-state index in [9.17, 15) is 14.4 Å². The Morgan fingerprint density at radius 1 is 0.253 bits per heavy atom. The zero-order valence-corrected chi connectivity index (χ0v) is 55.5. The largest absolute Gasteiger partial charge is 0.462 e. The summed E-state index contributed by atoms with van der Waals surface area (Å²) in [6.45, 7) is 6.59. The van der Waals surface area contributed by atoms with E-state index in [1.807, 2.05) is 0 Å². The molecular formula is C77H138O6. The predicted octanol–water partition coefficient (Wildman–Crippen LogP) is 25.2.